The van der Waals surface area contributed by atoms with Gasteiger partial charge in [0, 0.05) is 25.3 Å². The van der Waals surface area contributed by atoms with E-state index in [0.29, 0.717) is 19.6 Å². The Hall–Kier alpha value is -1.51. The number of amides is 1. The number of carbonyl (C=O) groups excluding carboxylic acids is 1. The van der Waals surface area contributed by atoms with Gasteiger partial charge >= 0.3 is 0 Å². The molecule has 3 aliphatic rings. The normalized spacial score (nSPS) is 35.1. The van der Waals surface area contributed by atoms with Crippen LogP contribution in [0.4, 0.5) is 0 Å². The van der Waals surface area contributed by atoms with Crippen LogP contribution in [-0.4, -0.2) is 66.6 Å². The second kappa shape index (κ2) is 9.75. The van der Waals surface area contributed by atoms with Crippen molar-refractivity contribution in [3.05, 3.63) is 36.0 Å². The van der Waals surface area contributed by atoms with E-state index in [4.69, 9.17) is 24.1 Å². The highest BCUT2D eigenvalue weighted by molar-refractivity contribution is 5.87. The number of hydrogen-bond acceptors (Lipinski definition) is 6. The summed E-state index contributed by atoms with van der Waals surface area (Å²) in [6.45, 7) is 9.52. The molecule has 0 radical (unpaired) electrons. The number of rotatable bonds is 7. The third-order valence-electron chi connectivity index (χ3n) is 5.39. The Balaban J connectivity index is 1.39. The molecule has 0 aromatic heterocycles. The maximum Gasteiger partial charge on any atom is 0.244 e. The fourth-order valence-electron chi connectivity index (χ4n) is 3.98. The van der Waals surface area contributed by atoms with E-state index >= 15 is 0 Å². The summed E-state index contributed by atoms with van der Waals surface area (Å²) in [4.78, 5) is 11.7. The van der Waals surface area contributed by atoms with E-state index in [1.165, 1.54) is 12.2 Å². The number of carbonyl (C=O) groups is 1. The first-order valence-electron chi connectivity index (χ1n) is 10.7. The van der Waals surface area contributed by atoms with E-state index in [9.17, 15) is 4.79 Å². The molecule has 0 bridgehead atoms. The van der Waals surface area contributed by atoms with Gasteiger partial charge in [-0.05, 0) is 27.7 Å². The van der Waals surface area contributed by atoms with Gasteiger partial charge in [-0.3, -0.25) is 4.79 Å². The number of hydrogen-bond donors (Lipinski definition) is 2. The zero-order valence-electron chi connectivity index (χ0n) is 18.4. The largest absolute Gasteiger partial charge is 0.389 e. The molecule has 3 atom stereocenters. The fraction of sp³-hybridized carbons (Fsp3) is 0.696. The van der Waals surface area contributed by atoms with Crippen molar-refractivity contribution in [2.45, 2.75) is 82.7 Å². The number of aliphatic hydroxyl groups excluding tert-OH is 1. The lowest BCUT2D eigenvalue weighted by Gasteiger charge is -2.38. The number of aliphatic hydroxyl groups is 1. The van der Waals surface area contributed by atoms with Crippen molar-refractivity contribution >= 4 is 5.91 Å². The molecule has 0 aromatic rings. The van der Waals surface area contributed by atoms with Crippen LogP contribution < -0.4 is 5.32 Å². The number of ether oxygens (including phenoxy) is 4. The summed E-state index contributed by atoms with van der Waals surface area (Å²) in [5.41, 5.74) is 0.984. The molecule has 3 heterocycles. The van der Waals surface area contributed by atoms with Crippen LogP contribution in [-0.2, 0) is 23.7 Å². The van der Waals surface area contributed by atoms with E-state index in [2.05, 4.69) is 37.4 Å². The van der Waals surface area contributed by atoms with Gasteiger partial charge in [0.1, 0.15) is 0 Å². The van der Waals surface area contributed by atoms with E-state index in [1.54, 1.807) is 6.92 Å². The number of epoxide rings is 1. The first-order chi connectivity index (χ1) is 14.1. The van der Waals surface area contributed by atoms with Crippen LogP contribution in [0.1, 0.15) is 47.0 Å². The highest BCUT2D eigenvalue weighted by Gasteiger charge is 2.53. The lowest BCUT2D eigenvalue weighted by atomic mass is 9.85. The van der Waals surface area contributed by atoms with E-state index < -0.39 is 6.10 Å². The summed E-state index contributed by atoms with van der Waals surface area (Å²) in [6.07, 6.45) is 10.6. The molecule has 1 amide bonds. The Morgan fingerprint density at radius 3 is 2.60 bits per heavy atom. The molecule has 168 valence electrons. The van der Waals surface area contributed by atoms with Gasteiger partial charge in [0.25, 0.3) is 0 Å². The Morgan fingerprint density at radius 2 is 1.97 bits per heavy atom. The standard InChI is InChI=1S/C23H35NO6/c1-16(5-8-19-11-23(15-29-23)14-22(3,4)30-19)6-10-21-27-12-18(13-28-21)24-20(26)9-7-17(2)25/h5-9,17-19,21,25H,10-15H2,1-4H3,(H,24,26)/b8-5+,9-7+,16-6+/t17?,18?,19-,21?,23-/m1/s1. The number of nitrogens with one attached hydrogen (secondary N) is 1. The summed E-state index contributed by atoms with van der Waals surface area (Å²) in [7, 11) is 0. The maximum atomic E-state index is 11.7. The molecule has 1 spiro atoms. The average Bonchev–Trinajstić information content (AvgIpc) is 3.40. The Labute approximate surface area is 179 Å². The van der Waals surface area contributed by atoms with Crippen LogP contribution in [0.3, 0.4) is 0 Å². The highest BCUT2D eigenvalue weighted by atomic mass is 16.7. The molecule has 2 N–H and O–H groups in total. The molecule has 0 aromatic carbocycles. The molecule has 30 heavy (non-hydrogen) atoms. The van der Waals surface area contributed by atoms with E-state index in [0.717, 1.165) is 25.0 Å². The van der Waals surface area contributed by atoms with E-state index in [-0.39, 0.29) is 35.5 Å². The molecule has 1 unspecified atom stereocenters. The third-order valence-corrected chi connectivity index (χ3v) is 5.39. The molecule has 0 saturated carbocycles. The first kappa shape index (κ1) is 23.2. The Morgan fingerprint density at radius 1 is 1.27 bits per heavy atom. The second-order valence-electron chi connectivity index (χ2n) is 9.21. The van der Waals surface area contributed by atoms with Crippen LogP contribution >= 0.6 is 0 Å². The smallest absolute Gasteiger partial charge is 0.244 e. The summed E-state index contributed by atoms with van der Waals surface area (Å²) in [5.74, 6) is -0.265. The predicted molar refractivity (Wildman–Crippen MR) is 113 cm³/mol. The molecule has 7 heteroatoms. The lowest BCUT2D eigenvalue weighted by Crippen LogP contribution is -2.46. The van der Waals surface area contributed by atoms with Gasteiger partial charge in [-0.1, -0.05) is 29.9 Å². The minimum absolute atomic E-state index is 0.0241. The fourth-order valence-corrected chi connectivity index (χ4v) is 3.98. The van der Waals surface area contributed by atoms with E-state index in [1.807, 2.05) is 6.92 Å². The Bertz CT molecular complexity index is 678. The topological polar surface area (TPSA) is 89.5 Å². The molecule has 3 saturated heterocycles. The van der Waals surface area contributed by atoms with Crippen molar-refractivity contribution in [2.75, 3.05) is 19.8 Å². The second-order valence-corrected chi connectivity index (χ2v) is 9.21. The highest BCUT2D eigenvalue weighted by Crippen LogP contribution is 2.46. The molecule has 3 fully saturated rings. The van der Waals surface area contributed by atoms with Crippen LogP contribution in [0.15, 0.2) is 36.0 Å². The van der Waals surface area contributed by atoms with Crippen LogP contribution in [0, 0.1) is 0 Å². The summed E-state index contributed by atoms with van der Waals surface area (Å²) in [6, 6.07) is -0.193. The predicted octanol–water partition coefficient (Wildman–Crippen LogP) is 2.40. The lowest BCUT2D eigenvalue weighted by molar-refractivity contribution is -0.187. The van der Waals surface area contributed by atoms with Crippen LogP contribution in [0.5, 0.6) is 0 Å². The van der Waals surface area contributed by atoms with Gasteiger partial charge in [0.2, 0.25) is 5.91 Å². The van der Waals surface area contributed by atoms with Crippen LogP contribution in [0.2, 0.25) is 0 Å². The molecular weight excluding hydrogens is 386 g/mol. The average molecular weight is 422 g/mol. The number of allylic oxidation sites excluding steroid dienone is 2. The maximum absolute atomic E-state index is 11.7. The molecule has 0 aliphatic carbocycles. The molecule has 3 rings (SSSR count). The van der Waals surface area contributed by atoms with Crippen molar-refractivity contribution in [2.24, 2.45) is 0 Å². The summed E-state index contributed by atoms with van der Waals surface area (Å²) in [5, 5.41) is 12.0. The van der Waals surface area contributed by atoms with Crippen molar-refractivity contribution < 1.29 is 28.8 Å². The summed E-state index contributed by atoms with van der Waals surface area (Å²) >= 11 is 0. The quantitative estimate of drug-likeness (QED) is 0.373. The monoisotopic (exact) mass is 421 g/mol. The van der Waals surface area contributed by atoms with Crippen molar-refractivity contribution in [3.63, 3.8) is 0 Å². The SMILES string of the molecule is CC(/C=C/[C@@H]1C[C@]2(CO2)CC(C)(C)O1)=C\CC1OCC(NC(=O)/C=C/C(C)O)CO1. The van der Waals surface area contributed by atoms with Gasteiger partial charge in [0.15, 0.2) is 6.29 Å². The molecular formula is C23H35NO6. The molecule has 3 aliphatic heterocycles. The third kappa shape index (κ3) is 7.32. The van der Waals surface area contributed by atoms with Gasteiger partial charge in [0.05, 0.1) is 49.3 Å². The van der Waals surface area contributed by atoms with Gasteiger partial charge in [-0.2, -0.15) is 0 Å². The van der Waals surface area contributed by atoms with Gasteiger partial charge in [-0.15, -0.1) is 0 Å². The van der Waals surface area contributed by atoms with Crippen LogP contribution in [0.25, 0.3) is 0 Å². The van der Waals surface area contributed by atoms with Crippen molar-refractivity contribution in [1.82, 2.24) is 5.32 Å². The zero-order valence-corrected chi connectivity index (χ0v) is 18.4. The minimum Gasteiger partial charge on any atom is -0.389 e. The zero-order chi connectivity index (χ0) is 21.8. The molecule has 7 nitrogen and oxygen atoms in total. The Kier molecular flexibility index (Phi) is 7.52. The van der Waals surface area contributed by atoms with Gasteiger partial charge < -0.3 is 29.4 Å². The van der Waals surface area contributed by atoms with Crippen molar-refractivity contribution in [1.29, 1.82) is 0 Å². The van der Waals surface area contributed by atoms with Gasteiger partial charge in [-0.25, -0.2) is 0 Å². The van der Waals surface area contributed by atoms with Crippen molar-refractivity contribution in [3.8, 4) is 0 Å². The first-order valence-corrected chi connectivity index (χ1v) is 10.7. The summed E-state index contributed by atoms with van der Waals surface area (Å²) < 4.78 is 23.3. The minimum atomic E-state index is -0.651.